The van der Waals surface area contributed by atoms with E-state index in [1.54, 1.807) is 24.8 Å². The molecular weight excluding hydrogens is 378 g/mol. The number of nitrogens with two attached hydrogens (primary N) is 1. The van der Waals surface area contributed by atoms with E-state index in [4.69, 9.17) is 18.9 Å². The minimum Gasteiger partial charge on any atom is -0.466 e. The van der Waals surface area contributed by atoms with Gasteiger partial charge in [-0.15, -0.1) is 4.28 Å². The highest BCUT2D eigenvalue weighted by molar-refractivity contribution is 7.81. The van der Waals surface area contributed by atoms with Crippen LogP contribution in [0.5, 0.6) is 0 Å². The SMILES string of the molecule is C=C1N2C[C@@H](C=C(C)[C@H]2C(N)=O)N1OS(=O)(=O)OCC(C)(C)C(=O)OCC. The summed E-state index contributed by atoms with van der Waals surface area (Å²) in [6.45, 7) is 10.2. The maximum absolute atomic E-state index is 12.2. The van der Waals surface area contributed by atoms with E-state index < -0.39 is 46.4 Å². The third-order valence-corrected chi connectivity index (χ3v) is 5.05. The van der Waals surface area contributed by atoms with Crippen molar-refractivity contribution in [1.82, 2.24) is 9.96 Å². The predicted molar refractivity (Wildman–Crippen MR) is 94.6 cm³/mol. The van der Waals surface area contributed by atoms with Gasteiger partial charge in [-0.05, 0) is 33.3 Å². The number of carbonyl (C=O) groups excluding carboxylic acids is 2. The molecule has 2 bridgehead atoms. The van der Waals surface area contributed by atoms with Crippen LogP contribution in [-0.2, 0) is 33.2 Å². The zero-order chi connectivity index (χ0) is 20.6. The van der Waals surface area contributed by atoms with E-state index in [-0.39, 0.29) is 12.4 Å². The Bertz CT molecular complexity index is 775. The molecule has 1 saturated heterocycles. The molecule has 0 aromatic heterocycles. The number of carbonyl (C=O) groups is 2. The van der Waals surface area contributed by atoms with Gasteiger partial charge >= 0.3 is 16.4 Å². The van der Waals surface area contributed by atoms with Gasteiger partial charge in [0.1, 0.15) is 11.9 Å². The van der Waals surface area contributed by atoms with Gasteiger partial charge in [0.05, 0.1) is 24.7 Å². The lowest BCUT2D eigenvalue weighted by molar-refractivity contribution is -0.155. The predicted octanol–water partition coefficient (Wildman–Crippen LogP) is 0.0399. The van der Waals surface area contributed by atoms with Crippen molar-refractivity contribution in [3.05, 3.63) is 24.0 Å². The molecule has 0 radical (unpaired) electrons. The van der Waals surface area contributed by atoms with Crippen LogP contribution in [-0.4, -0.2) is 62.1 Å². The van der Waals surface area contributed by atoms with Crippen LogP contribution < -0.4 is 5.73 Å². The smallest absolute Gasteiger partial charge is 0.421 e. The van der Waals surface area contributed by atoms with Gasteiger partial charge in [0.25, 0.3) is 0 Å². The lowest BCUT2D eigenvalue weighted by Gasteiger charge is -2.29. The number of hydroxylamine groups is 2. The van der Waals surface area contributed by atoms with Gasteiger partial charge in [-0.1, -0.05) is 12.7 Å². The molecule has 0 saturated carbocycles. The molecule has 0 aromatic rings. The van der Waals surface area contributed by atoms with Gasteiger partial charge in [0, 0.05) is 6.54 Å². The molecule has 1 fully saturated rings. The third kappa shape index (κ3) is 4.42. The van der Waals surface area contributed by atoms with Crippen LogP contribution in [0.1, 0.15) is 27.7 Å². The van der Waals surface area contributed by atoms with Crippen molar-refractivity contribution in [2.24, 2.45) is 11.1 Å². The highest BCUT2D eigenvalue weighted by atomic mass is 32.3. The van der Waals surface area contributed by atoms with Crippen LogP contribution in [0.4, 0.5) is 0 Å². The lowest BCUT2D eigenvalue weighted by atomic mass is 9.95. The molecule has 2 N–H and O–H groups in total. The summed E-state index contributed by atoms with van der Waals surface area (Å²) in [5, 5.41) is 1.05. The number of rotatable bonds is 8. The number of fused-ring (bicyclic) bond motifs is 2. The lowest BCUT2D eigenvalue weighted by Crippen LogP contribution is -2.45. The molecule has 0 unspecified atom stereocenters. The van der Waals surface area contributed by atoms with Crippen molar-refractivity contribution in [1.29, 1.82) is 0 Å². The number of hydrogen-bond acceptors (Lipinski definition) is 9. The van der Waals surface area contributed by atoms with Crippen molar-refractivity contribution < 1.29 is 31.2 Å². The van der Waals surface area contributed by atoms with E-state index in [0.29, 0.717) is 12.1 Å². The van der Waals surface area contributed by atoms with Gasteiger partial charge in [-0.3, -0.25) is 9.59 Å². The third-order valence-electron chi connectivity index (χ3n) is 4.30. The molecule has 0 aliphatic carbocycles. The summed E-state index contributed by atoms with van der Waals surface area (Å²) in [5.41, 5.74) is 4.91. The molecule has 2 heterocycles. The second kappa shape index (κ2) is 7.49. The van der Waals surface area contributed by atoms with Crippen molar-refractivity contribution in [3.63, 3.8) is 0 Å². The summed E-state index contributed by atoms with van der Waals surface area (Å²) in [4.78, 5) is 25.1. The summed E-state index contributed by atoms with van der Waals surface area (Å²) in [7, 11) is -4.49. The molecule has 2 atom stereocenters. The van der Waals surface area contributed by atoms with E-state index in [9.17, 15) is 18.0 Å². The van der Waals surface area contributed by atoms with Crippen LogP contribution in [0.25, 0.3) is 0 Å². The first kappa shape index (κ1) is 21.2. The highest BCUT2D eigenvalue weighted by Crippen LogP contribution is 2.34. The average Bonchev–Trinajstić information content (AvgIpc) is 2.78. The van der Waals surface area contributed by atoms with Gasteiger partial charge in [0.15, 0.2) is 0 Å². The van der Waals surface area contributed by atoms with Crippen molar-refractivity contribution in [2.75, 3.05) is 19.8 Å². The fraction of sp³-hybridized carbons (Fsp3) is 0.625. The summed E-state index contributed by atoms with van der Waals surface area (Å²) >= 11 is 0. The Morgan fingerprint density at radius 2 is 2.04 bits per heavy atom. The van der Waals surface area contributed by atoms with Gasteiger partial charge in [-0.2, -0.15) is 8.42 Å². The monoisotopic (exact) mass is 403 g/mol. The second-order valence-electron chi connectivity index (χ2n) is 7.03. The van der Waals surface area contributed by atoms with Crippen LogP contribution in [0.15, 0.2) is 24.0 Å². The Labute approximate surface area is 158 Å². The molecule has 10 nitrogen and oxygen atoms in total. The fourth-order valence-corrected chi connectivity index (χ4v) is 3.79. The second-order valence-corrected chi connectivity index (χ2v) is 8.23. The highest BCUT2D eigenvalue weighted by Gasteiger charge is 2.45. The van der Waals surface area contributed by atoms with E-state index in [2.05, 4.69) is 6.58 Å². The zero-order valence-corrected chi connectivity index (χ0v) is 16.6. The van der Waals surface area contributed by atoms with Crippen LogP contribution in [0, 0.1) is 5.41 Å². The number of hydrogen-bond donors (Lipinski definition) is 1. The minimum absolute atomic E-state index is 0.170. The van der Waals surface area contributed by atoms with E-state index >= 15 is 0 Å². The van der Waals surface area contributed by atoms with Gasteiger partial charge in [-0.25, -0.2) is 9.25 Å². The Kier molecular flexibility index (Phi) is 5.88. The Morgan fingerprint density at radius 3 is 2.59 bits per heavy atom. The summed E-state index contributed by atoms with van der Waals surface area (Å²) in [6, 6.07) is -1.18. The Morgan fingerprint density at radius 1 is 1.41 bits per heavy atom. The molecule has 11 heteroatoms. The number of amides is 1. The summed E-state index contributed by atoms with van der Waals surface area (Å²) in [5.74, 6) is -0.982. The quantitative estimate of drug-likeness (QED) is 0.441. The van der Waals surface area contributed by atoms with Crippen molar-refractivity contribution in [2.45, 2.75) is 39.8 Å². The molecule has 2 aliphatic heterocycles. The fourth-order valence-electron chi connectivity index (χ4n) is 2.92. The van der Waals surface area contributed by atoms with E-state index in [1.165, 1.54) is 13.8 Å². The maximum Gasteiger partial charge on any atom is 0.421 e. The first-order valence-corrected chi connectivity index (χ1v) is 9.71. The molecule has 0 aromatic carbocycles. The van der Waals surface area contributed by atoms with Gasteiger partial charge < -0.3 is 15.4 Å². The standard InChI is InChI=1S/C16H25N3O7S/c1-6-24-15(21)16(4,5)9-25-27(22,23)26-19-11(3)18-8-12(19)7-10(2)13(18)14(17)20/h7,12-13H,3,6,8-9H2,1-2,4-5H3,(H2,17,20)/t12-,13+/m1/s1. The number of primary amides is 1. The van der Waals surface area contributed by atoms with Crippen LogP contribution in [0.2, 0.25) is 0 Å². The molecular formula is C16H25N3O7S. The first-order valence-electron chi connectivity index (χ1n) is 8.38. The Hall–Kier alpha value is -2.11. The normalized spacial score (nSPS) is 22.7. The molecule has 2 rings (SSSR count). The van der Waals surface area contributed by atoms with Gasteiger partial charge in [0.2, 0.25) is 5.91 Å². The van der Waals surface area contributed by atoms with Crippen LogP contribution in [0.3, 0.4) is 0 Å². The summed E-state index contributed by atoms with van der Waals surface area (Å²) in [6.07, 6.45) is 1.70. The number of ether oxygens (including phenoxy) is 1. The van der Waals surface area contributed by atoms with Crippen molar-refractivity contribution >= 4 is 22.3 Å². The molecule has 2 aliphatic rings. The number of nitrogens with zero attached hydrogens (tertiary/aromatic N) is 2. The largest absolute Gasteiger partial charge is 0.466 e. The van der Waals surface area contributed by atoms with Crippen LogP contribution >= 0.6 is 0 Å². The minimum atomic E-state index is -4.49. The molecule has 27 heavy (non-hydrogen) atoms. The molecule has 152 valence electrons. The zero-order valence-electron chi connectivity index (χ0n) is 15.8. The van der Waals surface area contributed by atoms with E-state index in [1.807, 2.05) is 0 Å². The maximum atomic E-state index is 12.2. The number of esters is 1. The van der Waals surface area contributed by atoms with E-state index in [0.717, 1.165) is 5.06 Å². The topological polar surface area (TPSA) is 128 Å². The molecule has 0 spiro atoms. The summed E-state index contributed by atoms with van der Waals surface area (Å²) < 4.78 is 39.2. The van der Waals surface area contributed by atoms with Crippen molar-refractivity contribution in [3.8, 4) is 0 Å². The molecule has 1 amide bonds. The Balaban J connectivity index is 2.07. The average molecular weight is 403 g/mol. The first-order chi connectivity index (χ1) is 12.4.